The Morgan fingerprint density at radius 2 is 2.21 bits per heavy atom. The van der Waals surface area contributed by atoms with Crippen molar-refractivity contribution < 1.29 is 14.3 Å². The van der Waals surface area contributed by atoms with Gasteiger partial charge < -0.3 is 9.64 Å². The van der Waals surface area contributed by atoms with E-state index in [-0.39, 0.29) is 11.9 Å². The molecule has 1 saturated heterocycles. The Kier molecular flexibility index (Phi) is 5.31. The van der Waals surface area contributed by atoms with Crippen molar-refractivity contribution in [2.24, 2.45) is 5.92 Å². The third kappa shape index (κ3) is 4.00. The summed E-state index contributed by atoms with van der Waals surface area (Å²) in [5, 5.41) is 0.377. The molecule has 0 radical (unpaired) electrons. The van der Waals surface area contributed by atoms with E-state index < -0.39 is 0 Å². The van der Waals surface area contributed by atoms with Crippen LogP contribution in [0.25, 0.3) is 0 Å². The van der Waals surface area contributed by atoms with Crippen LogP contribution in [0.5, 0.6) is 0 Å². The SMILES string of the molecule is COC(=O)CS[C@@H]1CCN(C(=O)[C@@H]2CC=CCC2)C1. The maximum atomic E-state index is 12.3. The summed E-state index contributed by atoms with van der Waals surface area (Å²) in [5.41, 5.74) is 0. The number of nitrogens with zero attached hydrogens (tertiary/aromatic N) is 1. The molecule has 106 valence electrons. The summed E-state index contributed by atoms with van der Waals surface area (Å²) in [5.74, 6) is 0.669. The zero-order valence-corrected chi connectivity index (χ0v) is 12.2. The number of esters is 1. The summed E-state index contributed by atoms with van der Waals surface area (Å²) in [6, 6.07) is 0. The second kappa shape index (κ2) is 6.98. The normalized spacial score (nSPS) is 26.5. The molecule has 5 heteroatoms. The highest BCUT2D eigenvalue weighted by atomic mass is 32.2. The van der Waals surface area contributed by atoms with Gasteiger partial charge in [0.05, 0.1) is 12.9 Å². The Morgan fingerprint density at radius 1 is 1.37 bits per heavy atom. The van der Waals surface area contributed by atoms with Crippen LogP contribution < -0.4 is 0 Å². The molecule has 1 aliphatic heterocycles. The molecule has 0 saturated carbocycles. The summed E-state index contributed by atoms with van der Waals surface area (Å²) >= 11 is 1.60. The van der Waals surface area contributed by atoms with Gasteiger partial charge in [0.2, 0.25) is 5.91 Å². The van der Waals surface area contributed by atoms with E-state index in [1.807, 2.05) is 4.90 Å². The molecule has 1 aliphatic carbocycles. The molecular weight excluding hydrogens is 262 g/mol. The van der Waals surface area contributed by atoms with Crippen LogP contribution in [0.1, 0.15) is 25.7 Å². The van der Waals surface area contributed by atoms with E-state index in [1.54, 1.807) is 11.8 Å². The first-order chi connectivity index (χ1) is 9.20. The van der Waals surface area contributed by atoms with Crippen LogP contribution in [0.3, 0.4) is 0 Å². The number of amides is 1. The fourth-order valence-corrected chi connectivity index (χ4v) is 3.63. The lowest BCUT2D eigenvalue weighted by Gasteiger charge is -2.24. The predicted molar refractivity (Wildman–Crippen MR) is 75.9 cm³/mol. The largest absolute Gasteiger partial charge is 0.468 e. The average molecular weight is 283 g/mol. The Morgan fingerprint density at radius 3 is 2.89 bits per heavy atom. The first kappa shape index (κ1) is 14.4. The standard InChI is InChI=1S/C14H21NO3S/c1-18-13(16)10-19-12-7-8-15(9-12)14(17)11-5-3-2-4-6-11/h2-3,11-12H,4-10H2,1H3/t11-,12-/m1/s1. The van der Waals surface area contributed by atoms with Crippen molar-refractivity contribution in [2.75, 3.05) is 26.0 Å². The van der Waals surface area contributed by atoms with Crippen LogP contribution in [-0.4, -0.2) is 48.0 Å². The first-order valence-electron chi connectivity index (χ1n) is 6.83. The number of hydrogen-bond acceptors (Lipinski definition) is 4. The molecule has 2 atom stereocenters. The molecular formula is C14H21NO3S. The maximum absolute atomic E-state index is 12.3. The fourth-order valence-electron chi connectivity index (χ4n) is 2.59. The molecule has 0 spiro atoms. The molecule has 0 bridgehead atoms. The number of carbonyl (C=O) groups is 2. The van der Waals surface area contributed by atoms with Gasteiger partial charge in [0.25, 0.3) is 0 Å². The van der Waals surface area contributed by atoms with Crippen LogP contribution in [0.15, 0.2) is 12.2 Å². The number of likely N-dealkylation sites (tertiary alicyclic amines) is 1. The van der Waals surface area contributed by atoms with Gasteiger partial charge >= 0.3 is 5.97 Å². The van der Waals surface area contributed by atoms with Gasteiger partial charge in [-0.15, -0.1) is 11.8 Å². The monoisotopic (exact) mass is 283 g/mol. The van der Waals surface area contributed by atoms with Crippen LogP contribution in [0, 0.1) is 5.92 Å². The van der Waals surface area contributed by atoms with Crippen molar-refractivity contribution in [1.29, 1.82) is 0 Å². The van der Waals surface area contributed by atoms with Gasteiger partial charge in [0.15, 0.2) is 0 Å². The van der Waals surface area contributed by atoms with Crippen LogP contribution >= 0.6 is 11.8 Å². The zero-order chi connectivity index (χ0) is 13.7. The van der Waals surface area contributed by atoms with E-state index in [0.717, 1.165) is 38.8 Å². The second-order valence-electron chi connectivity index (χ2n) is 5.06. The minimum absolute atomic E-state index is 0.175. The Bertz CT molecular complexity index is 370. The fraction of sp³-hybridized carbons (Fsp3) is 0.714. The van der Waals surface area contributed by atoms with Gasteiger partial charge in [-0.05, 0) is 25.7 Å². The lowest BCUT2D eigenvalue weighted by atomic mass is 9.93. The number of rotatable bonds is 4. The van der Waals surface area contributed by atoms with Gasteiger partial charge in [-0.25, -0.2) is 0 Å². The van der Waals surface area contributed by atoms with Crippen molar-refractivity contribution >= 4 is 23.6 Å². The molecule has 0 N–H and O–H groups in total. The van der Waals surface area contributed by atoms with Crippen molar-refractivity contribution in [3.8, 4) is 0 Å². The predicted octanol–water partition coefficient (Wildman–Crippen LogP) is 1.85. The molecule has 0 aromatic heterocycles. The van der Waals surface area contributed by atoms with Gasteiger partial charge in [0, 0.05) is 24.3 Å². The van der Waals surface area contributed by atoms with Gasteiger partial charge in [0.1, 0.15) is 0 Å². The molecule has 19 heavy (non-hydrogen) atoms. The van der Waals surface area contributed by atoms with E-state index in [2.05, 4.69) is 16.9 Å². The number of thioether (sulfide) groups is 1. The first-order valence-corrected chi connectivity index (χ1v) is 7.87. The number of carbonyl (C=O) groups excluding carboxylic acids is 2. The second-order valence-corrected chi connectivity index (χ2v) is 6.35. The van der Waals surface area contributed by atoms with E-state index in [0.29, 0.717) is 16.9 Å². The number of ether oxygens (including phenoxy) is 1. The van der Waals surface area contributed by atoms with E-state index in [9.17, 15) is 9.59 Å². The Balaban J connectivity index is 1.76. The number of allylic oxidation sites excluding steroid dienone is 2. The van der Waals surface area contributed by atoms with Crippen molar-refractivity contribution in [1.82, 2.24) is 4.90 Å². The summed E-state index contributed by atoms with van der Waals surface area (Å²) < 4.78 is 4.63. The van der Waals surface area contributed by atoms with Gasteiger partial charge in [-0.2, -0.15) is 0 Å². The smallest absolute Gasteiger partial charge is 0.315 e. The highest BCUT2D eigenvalue weighted by Gasteiger charge is 2.31. The molecule has 1 amide bonds. The summed E-state index contributed by atoms with van der Waals surface area (Å²) in [6.07, 6.45) is 8.14. The topological polar surface area (TPSA) is 46.6 Å². The van der Waals surface area contributed by atoms with Crippen LogP contribution in [0.4, 0.5) is 0 Å². The minimum Gasteiger partial charge on any atom is -0.468 e. The molecule has 1 heterocycles. The molecule has 0 aromatic carbocycles. The highest BCUT2D eigenvalue weighted by molar-refractivity contribution is 8.00. The summed E-state index contributed by atoms with van der Waals surface area (Å²) in [7, 11) is 1.41. The molecule has 2 rings (SSSR count). The van der Waals surface area contributed by atoms with Crippen molar-refractivity contribution in [3.05, 3.63) is 12.2 Å². The van der Waals surface area contributed by atoms with Crippen LogP contribution in [-0.2, 0) is 14.3 Å². The van der Waals surface area contributed by atoms with E-state index in [4.69, 9.17) is 0 Å². The van der Waals surface area contributed by atoms with Gasteiger partial charge in [-0.3, -0.25) is 9.59 Å². The molecule has 0 unspecified atom stereocenters. The zero-order valence-electron chi connectivity index (χ0n) is 11.3. The third-order valence-corrected chi connectivity index (χ3v) is 5.00. The maximum Gasteiger partial charge on any atom is 0.315 e. The minimum atomic E-state index is -0.188. The quantitative estimate of drug-likeness (QED) is 0.583. The Hall–Kier alpha value is -0.970. The van der Waals surface area contributed by atoms with Crippen molar-refractivity contribution in [2.45, 2.75) is 30.9 Å². The average Bonchev–Trinajstić information content (AvgIpc) is 2.93. The van der Waals surface area contributed by atoms with E-state index in [1.165, 1.54) is 7.11 Å². The van der Waals surface area contributed by atoms with E-state index >= 15 is 0 Å². The molecule has 1 fully saturated rings. The molecule has 4 nitrogen and oxygen atoms in total. The van der Waals surface area contributed by atoms with Crippen LogP contribution in [0.2, 0.25) is 0 Å². The number of methoxy groups -OCH3 is 1. The summed E-state index contributed by atoms with van der Waals surface area (Å²) in [4.78, 5) is 25.4. The van der Waals surface area contributed by atoms with Gasteiger partial charge in [-0.1, -0.05) is 12.2 Å². The summed E-state index contributed by atoms with van der Waals surface area (Å²) in [6.45, 7) is 1.61. The van der Waals surface area contributed by atoms with Crippen molar-refractivity contribution in [3.63, 3.8) is 0 Å². The molecule has 0 aromatic rings. The Labute approximate surface area is 118 Å². The third-order valence-electron chi connectivity index (χ3n) is 3.74. The highest BCUT2D eigenvalue weighted by Crippen LogP contribution is 2.27. The lowest BCUT2D eigenvalue weighted by Crippen LogP contribution is -2.35. The number of hydrogen-bond donors (Lipinski definition) is 0. The lowest BCUT2D eigenvalue weighted by molar-refractivity contribution is -0.137. The molecule has 2 aliphatic rings.